The Morgan fingerprint density at radius 2 is 1.64 bits per heavy atom. The summed E-state index contributed by atoms with van der Waals surface area (Å²) in [5.74, 6) is 0.123. The molecule has 0 saturated heterocycles. The lowest BCUT2D eigenvalue weighted by Gasteiger charge is -2.22. The van der Waals surface area contributed by atoms with E-state index in [9.17, 15) is 9.59 Å². The summed E-state index contributed by atoms with van der Waals surface area (Å²) in [5, 5.41) is 0. The van der Waals surface area contributed by atoms with Gasteiger partial charge in [-0.1, -0.05) is 12.1 Å². The quantitative estimate of drug-likeness (QED) is 0.657. The Kier molecular flexibility index (Phi) is 6.19. The summed E-state index contributed by atoms with van der Waals surface area (Å²) in [6, 6.07) is 15.0. The molecule has 0 spiro atoms. The highest BCUT2D eigenvalue weighted by Gasteiger charge is 2.33. The predicted molar refractivity (Wildman–Crippen MR) is 108 cm³/mol. The fourth-order valence-corrected chi connectivity index (χ4v) is 2.92. The molecule has 1 saturated carbocycles. The Hall–Kier alpha value is -3.02. The third-order valence-electron chi connectivity index (χ3n) is 4.77. The maximum absolute atomic E-state index is 12.6. The minimum atomic E-state index is -0.487. The van der Waals surface area contributed by atoms with Gasteiger partial charge in [-0.15, -0.1) is 0 Å². The van der Waals surface area contributed by atoms with Gasteiger partial charge >= 0.3 is 5.97 Å². The Morgan fingerprint density at radius 1 is 1.00 bits per heavy atom. The molecule has 0 unspecified atom stereocenters. The monoisotopic (exact) mass is 382 g/mol. The fourth-order valence-electron chi connectivity index (χ4n) is 2.92. The van der Waals surface area contributed by atoms with Gasteiger partial charge in [0.05, 0.1) is 12.7 Å². The van der Waals surface area contributed by atoms with Gasteiger partial charge in [0.25, 0.3) is 5.91 Å². The standard InChI is InChI=1S/C22H26N2O4/c1-23(2)18-8-6-17(7-9-18)22(26)28-15-21(25)24(19-10-11-19)14-16-4-12-20(27-3)13-5-16/h4-9,12-13,19H,10-11,14-15H2,1-3H3. The molecule has 1 amide bonds. The molecule has 6 nitrogen and oxygen atoms in total. The third kappa shape index (κ3) is 5.03. The molecule has 1 fully saturated rings. The van der Waals surface area contributed by atoms with Crippen molar-refractivity contribution in [3.05, 3.63) is 59.7 Å². The van der Waals surface area contributed by atoms with Crippen LogP contribution < -0.4 is 9.64 Å². The summed E-state index contributed by atoms with van der Waals surface area (Å²) < 4.78 is 10.4. The molecule has 2 aromatic rings. The molecule has 0 heterocycles. The van der Waals surface area contributed by atoms with Crippen LogP contribution in [0.25, 0.3) is 0 Å². The first kappa shape index (κ1) is 19.7. The predicted octanol–water partition coefficient (Wildman–Crippen LogP) is 3.11. The first-order valence-corrected chi connectivity index (χ1v) is 9.35. The van der Waals surface area contributed by atoms with Crippen LogP contribution in [0.5, 0.6) is 5.75 Å². The molecule has 28 heavy (non-hydrogen) atoms. The van der Waals surface area contributed by atoms with Crippen LogP contribution in [0.1, 0.15) is 28.8 Å². The summed E-state index contributed by atoms with van der Waals surface area (Å²) in [6.45, 7) is 0.253. The smallest absolute Gasteiger partial charge is 0.338 e. The van der Waals surface area contributed by atoms with Gasteiger partial charge in [-0.3, -0.25) is 4.79 Å². The number of hydrogen-bond acceptors (Lipinski definition) is 5. The van der Waals surface area contributed by atoms with Crippen molar-refractivity contribution in [2.24, 2.45) is 0 Å². The summed E-state index contributed by atoms with van der Waals surface area (Å²) in [6.07, 6.45) is 1.98. The molecule has 0 N–H and O–H groups in total. The summed E-state index contributed by atoms with van der Waals surface area (Å²) in [4.78, 5) is 28.6. The molecule has 1 aliphatic carbocycles. The number of hydrogen-bond donors (Lipinski definition) is 0. The number of nitrogens with zero attached hydrogens (tertiary/aromatic N) is 2. The number of carbonyl (C=O) groups excluding carboxylic acids is 2. The fraction of sp³-hybridized carbons (Fsp3) is 0.364. The molecule has 6 heteroatoms. The zero-order valence-corrected chi connectivity index (χ0v) is 16.6. The molecule has 2 aromatic carbocycles. The number of rotatable bonds is 8. The zero-order chi connectivity index (χ0) is 20.1. The SMILES string of the molecule is COc1ccc(CN(C(=O)COC(=O)c2ccc(N(C)C)cc2)C2CC2)cc1. The van der Waals surface area contributed by atoms with Gasteiger partial charge < -0.3 is 19.3 Å². The molecule has 1 aliphatic rings. The number of anilines is 1. The van der Waals surface area contributed by atoms with Crippen molar-refractivity contribution >= 4 is 17.6 Å². The van der Waals surface area contributed by atoms with E-state index in [2.05, 4.69) is 0 Å². The van der Waals surface area contributed by atoms with Crippen LogP contribution >= 0.6 is 0 Å². The summed E-state index contributed by atoms with van der Waals surface area (Å²) in [7, 11) is 5.49. The van der Waals surface area contributed by atoms with Crippen molar-refractivity contribution in [3.8, 4) is 5.75 Å². The zero-order valence-electron chi connectivity index (χ0n) is 16.6. The van der Waals surface area contributed by atoms with Gasteiger partial charge in [0.15, 0.2) is 6.61 Å². The minimum absolute atomic E-state index is 0.170. The van der Waals surface area contributed by atoms with Gasteiger partial charge in [0.1, 0.15) is 5.75 Å². The van der Waals surface area contributed by atoms with Crippen LogP contribution in [0.4, 0.5) is 5.69 Å². The Morgan fingerprint density at radius 3 is 2.18 bits per heavy atom. The van der Waals surface area contributed by atoms with E-state index >= 15 is 0 Å². The van der Waals surface area contributed by atoms with E-state index in [0.29, 0.717) is 12.1 Å². The van der Waals surface area contributed by atoms with Crippen molar-refractivity contribution in [3.63, 3.8) is 0 Å². The lowest BCUT2D eigenvalue weighted by atomic mass is 10.2. The first-order valence-electron chi connectivity index (χ1n) is 9.35. The van der Waals surface area contributed by atoms with Gasteiger partial charge in [-0.2, -0.15) is 0 Å². The number of esters is 1. The largest absolute Gasteiger partial charge is 0.497 e. The number of ether oxygens (including phenoxy) is 2. The van der Waals surface area contributed by atoms with Crippen LogP contribution in [-0.2, 0) is 16.1 Å². The Labute approximate surface area is 165 Å². The van der Waals surface area contributed by atoms with Crippen LogP contribution in [0.2, 0.25) is 0 Å². The highest BCUT2D eigenvalue weighted by Crippen LogP contribution is 2.29. The molecule has 3 rings (SSSR count). The van der Waals surface area contributed by atoms with Crippen LogP contribution in [0.15, 0.2) is 48.5 Å². The van der Waals surface area contributed by atoms with E-state index in [1.807, 2.05) is 55.4 Å². The highest BCUT2D eigenvalue weighted by molar-refractivity contribution is 5.91. The number of carbonyl (C=O) groups is 2. The first-order chi connectivity index (χ1) is 13.5. The van der Waals surface area contributed by atoms with E-state index < -0.39 is 5.97 Å². The molecule has 0 aromatic heterocycles. The Balaban J connectivity index is 1.57. The molecule has 0 radical (unpaired) electrons. The van der Waals surface area contributed by atoms with Crippen molar-refractivity contribution in [1.82, 2.24) is 4.90 Å². The average Bonchev–Trinajstić information content (AvgIpc) is 3.55. The normalized spacial score (nSPS) is 13.0. The lowest BCUT2D eigenvalue weighted by molar-refractivity contribution is -0.135. The maximum atomic E-state index is 12.6. The average molecular weight is 382 g/mol. The van der Waals surface area contributed by atoms with Gasteiger partial charge in [0.2, 0.25) is 0 Å². The summed E-state index contributed by atoms with van der Waals surface area (Å²) >= 11 is 0. The van der Waals surface area contributed by atoms with Gasteiger partial charge in [-0.25, -0.2) is 4.79 Å². The van der Waals surface area contributed by atoms with E-state index in [0.717, 1.165) is 29.8 Å². The maximum Gasteiger partial charge on any atom is 0.338 e. The lowest BCUT2D eigenvalue weighted by Crippen LogP contribution is -2.36. The van der Waals surface area contributed by atoms with Crippen LogP contribution in [0.3, 0.4) is 0 Å². The second kappa shape index (κ2) is 8.78. The van der Waals surface area contributed by atoms with Crippen molar-refractivity contribution in [2.75, 3.05) is 32.7 Å². The number of benzene rings is 2. The van der Waals surface area contributed by atoms with Crippen molar-refractivity contribution in [1.29, 1.82) is 0 Å². The van der Waals surface area contributed by atoms with Gasteiger partial charge in [-0.05, 0) is 54.8 Å². The molecular formula is C22H26N2O4. The third-order valence-corrected chi connectivity index (χ3v) is 4.77. The molecule has 0 bridgehead atoms. The van der Waals surface area contributed by atoms with Crippen LogP contribution in [-0.4, -0.2) is 50.6 Å². The van der Waals surface area contributed by atoms with Crippen molar-refractivity contribution < 1.29 is 19.1 Å². The molecular weight excluding hydrogens is 356 g/mol. The second-order valence-electron chi connectivity index (χ2n) is 7.12. The number of methoxy groups -OCH3 is 1. The molecule has 0 aliphatic heterocycles. The van der Waals surface area contributed by atoms with E-state index in [-0.39, 0.29) is 18.6 Å². The van der Waals surface area contributed by atoms with E-state index in [1.165, 1.54) is 0 Å². The van der Waals surface area contributed by atoms with Gasteiger partial charge in [0, 0.05) is 32.4 Å². The minimum Gasteiger partial charge on any atom is -0.497 e. The van der Waals surface area contributed by atoms with Crippen molar-refractivity contribution in [2.45, 2.75) is 25.4 Å². The topological polar surface area (TPSA) is 59.1 Å². The van der Waals surface area contributed by atoms with Crippen LogP contribution in [0, 0.1) is 0 Å². The highest BCUT2D eigenvalue weighted by atomic mass is 16.5. The van der Waals surface area contributed by atoms with E-state index in [4.69, 9.17) is 9.47 Å². The number of amides is 1. The molecule has 0 atom stereocenters. The Bertz CT molecular complexity index is 811. The summed E-state index contributed by atoms with van der Waals surface area (Å²) in [5.41, 5.74) is 2.45. The second-order valence-corrected chi connectivity index (χ2v) is 7.12. The molecule has 148 valence electrons. The van der Waals surface area contributed by atoms with E-state index in [1.54, 1.807) is 24.1 Å².